The molecule has 0 unspecified atom stereocenters. The van der Waals surface area contributed by atoms with Crippen LogP contribution in [0.5, 0.6) is 0 Å². The Labute approximate surface area is 113 Å². The van der Waals surface area contributed by atoms with Gasteiger partial charge in [-0.3, -0.25) is 19.3 Å². The molecule has 18 heavy (non-hydrogen) atoms. The number of carboxylic acids is 1. The van der Waals surface area contributed by atoms with Gasteiger partial charge in [0.15, 0.2) is 0 Å². The summed E-state index contributed by atoms with van der Waals surface area (Å²) in [5.41, 5.74) is 4.50. The molecule has 0 fully saturated rings. The van der Waals surface area contributed by atoms with Crippen molar-refractivity contribution in [3.8, 4) is 0 Å². The zero-order valence-corrected chi connectivity index (χ0v) is 12.1. The van der Waals surface area contributed by atoms with Crippen LogP contribution in [0.25, 0.3) is 0 Å². The van der Waals surface area contributed by atoms with Crippen molar-refractivity contribution >= 4 is 30.4 Å². The molecule has 0 saturated carbocycles. The fourth-order valence-electron chi connectivity index (χ4n) is 0.475. The molecule has 0 atom stereocenters. The number of nitrogens with two attached hydrogens (primary N) is 1. The summed E-state index contributed by atoms with van der Waals surface area (Å²) >= 11 is 3.53. The normalized spacial score (nSPS) is 10.6. The summed E-state index contributed by atoms with van der Waals surface area (Å²) in [6.45, 7) is 1.08. The van der Waals surface area contributed by atoms with E-state index in [0.29, 0.717) is 0 Å². The first-order valence-electron chi connectivity index (χ1n) is 4.61. The van der Waals surface area contributed by atoms with E-state index in [1.807, 2.05) is 0 Å². The fourth-order valence-corrected chi connectivity index (χ4v) is 0.475. The second-order valence-electron chi connectivity index (χ2n) is 2.09. The Bertz CT molecular complexity index is 235. The van der Waals surface area contributed by atoms with Crippen LogP contribution in [0, 0.1) is 0 Å². The van der Waals surface area contributed by atoms with Crippen LogP contribution < -0.4 is 5.73 Å². The number of rotatable bonds is 0. The van der Waals surface area contributed by atoms with E-state index in [0.717, 1.165) is 18.9 Å². The zero-order chi connectivity index (χ0) is 15.7. The van der Waals surface area contributed by atoms with Gasteiger partial charge in [0.2, 0.25) is 0 Å². The van der Waals surface area contributed by atoms with Gasteiger partial charge in [0.05, 0.1) is 0 Å². The third kappa shape index (κ3) is 20.1. The third-order valence-corrected chi connectivity index (χ3v) is 1.03. The van der Waals surface area contributed by atoms with E-state index >= 15 is 0 Å². The van der Waals surface area contributed by atoms with E-state index in [-0.39, 0.29) is 11.8 Å². The smallest absolute Gasteiger partial charge is 0.300 e. The fraction of sp³-hybridized carbons (Fsp3) is 0.500. The van der Waals surface area contributed by atoms with Crippen LogP contribution in [0.3, 0.4) is 0 Å². The molecule has 8 heteroatoms. The SMILES string of the molecule is CC(=O)O.CN.CN1C(=O)C=CC1=O.CO.CS. The molecule has 7 nitrogen and oxygen atoms in total. The second-order valence-corrected chi connectivity index (χ2v) is 2.09. The van der Waals surface area contributed by atoms with Gasteiger partial charge in [-0.1, -0.05) is 0 Å². The maximum atomic E-state index is 10.4. The quantitative estimate of drug-likeness (QED) is 0.346. The van der Waals surface area contributed by atoms with Gasteiger partial charge in [0.1, 0.15) is 0 Å². The Morgan fingerprint density at radius 3 is 1.39 bits per heavy atom. The Balaban J connectivity index is -0.0000000841. The average molecular weight is 282 g/mol. The molecule has 1 aliphatic rings. The van der Waals surface area contributed by atoms with E-state index in [2.05, 4.69) is 18.4 Å². The van der Waals surface area contributed by atoms with Crippen molar-refractivity contribution in [2.45, 2.75) is 6.92 Å². The van der Waals surface area contributed by atoms with Crippen molar-refractivity contribution in [2.75, 3.05) is 27.5 Å². The highest BCUT2D eigenvalue weighted by Gasteiger charge is 2.17. The molecule has 0 aromatic rings. The number of aliphatic hydroxyl groups excluding tert-OH is 1. The molecular formula is C10H22N2O5S. The van der Waals surface area contributed by atoms with Crippen LogP contribution in [0.2, 0.25) is 0 Å². The lowest BCUT2D eigenvalue weighted by atomic mass is 10.6. The van der Waals surface area contributed by atoms with Gasteiger partial charge in [-0.15, -0.1) is 0 Å². The molecule has 4 N–H and O–H groups in total. The summed E-state index contributed by atoms with van der Waals surface area (Å²) in [6, 6.07) is 0. The molecular weight excluding hydrogens is 260 g/mol. The van der Waals surface area contributed by atoms with Crippen LogP contribution in [-0.4, -0.2) is 60.4 Å². The van der Waals surface area contributed by atoms with Crippen molar-refractivity contribution < 1.29 is 24.6 Å². The number of aliphatic carboxylic acids is 1. The van der Waals surface area contributed by atoms with Gasteiger partial charge in [-0.25, -0.2) is 0 Å². The average Bonchev–Trinajstić information content (AvgIpc) is 2.67. The van der Waals surface area contributed by atoms with Crippen molar-refractivity contribution in [3.05, 3.63) is 12.2 Å². The second kappa shape index (κ2) is 21.0. The van der Waals surface area contributed by atoms with E-state index in [1.165, 1.54) is 26.2 Å². The molecule has 1 rings (SSSR count). The number of aliphatic hydroxyl groups is 1. The lowest BCUT2D eigenvalue weighted by Crippen LogP contribution is -2.24. The summed E-state index contributed by atoms with van der Waals surface area (Å²) in [4.78, 5) is 30.9. The van der Waals surface area contributed by atoms with Crippen LogP contribution in [-0.2, 0) is 14.4 Å². The molecule has 1 aliphatic heterocycles. The van der Waals surface area contributed by atoms with E-state index < -0.39 is 5.97 Å². The predicted octanol–water partition coefficient (Wildman–Crippen LogP) is -0.638. The molecule has 0 aromatic carbocycles. The van der Waals surface area contributed by atoms with Crippen LogP contribution in [0.15, 0.2) is 12.2 Å². The van der Waals surface area contributed by atoms with E-state index in [4.69, 9.17) is 15.0 Å². The van der Waals surface area contributed by atoms with Crippen molar-refractivity contribution in [1.82, 2.24) is 4.90 Å². The Hall–Kier alpha value is -1.38. The van der Waals surface area contributed by atoms with Crippen LogP contribution in [0.4, 0.5) is 0 Å². The van der Waals surface area contributed by atoms with Crippen molar-refractivity contribution in [1.29, 1.82) is 0 Å². The number of thiol groups is 1. The summed E-state index contributed by atoms with van der Waals surface area (Å²) in [5, 5.41) is 14.4. The van der Waals surface area contributed by atoms with E-state index in [1.54, 1.807) is 6.26 Å². The number of hydrogen-bond donors (Lipinski definition) is 4. The highest BCUT2D eigenvalue weighted by atomic mass is 32.1. The Kier molecular flexibility index (Phi) is 29.7. The Morgan fingerprint density at radius 2 is 1.33 bits per heavy atom. The number of carbonyl (C=O) groups excluding carboxylic acids is 2. The molecule has 0 aromatic heterocycles. The number of nitrogens with zero attached hydrogens (tertiary/aromatic N) is 1. The molecule has 1 heterocycles. The van der Waals surface area contributed by atoms with Crippen LogP contribution in [0.1, 0.15) is 6.92 Å². The zero-order valence-electron chi connectivity index (χ0n) is 11.2. The van der Waals surface area contributed by atoms with Gasteiger partial charge in [-0.2, -0.15) is 12.6 Å². The van der Waals surface area contributed by atoms with Gasteiger partial charge in [0, 0.05) is 33.2 Å². The maximum Gasteiger partial charge on any atom is 0.300 e. The first-order valence-corrected chi connectivity index (χ1v) is 5.51. The predicted molar refractivity (Wildman–Crippen MR) is 73.4 cm³/mol. The van der Waals surface area contributed by atoms with E-state index in [9.17, 15) is 9.59 Å². The third-order valence-electron chi connectivity index (χ3n) is 1.03. The minimum absolute atomic E-state index is 0.241. The minimum Gasteiger partial charge on any atom is -0.481 e. The largest absolute Gasteiger partial charge is 0.481 e. The number of carboxylic acid groups (broad SMARTS) is 1. The monoisotopic (exact) mass is 282 g/mol. The molecule has 0 saturated heterocycles. The number of imide groups is 1. The first-order chi connectivity index (χ1) is 8.45. The highest BCUT2D eigenvalue weighted by Crippen LogP contribution is 1.97. The van der Waals surface area contributed by atoms with Gasteiger partial charge in [0.25, 0.3) is 17.8 Å². The standard InChI is InChI=1S/C5H5NO2.C2H4O2.CH5N.CH4O.CH4S/c1-6-4(7)2-3-5(6)8;1-2(3)4;3*1-2/h2-3H,1H3;1H3,(H,3,4);2H2,1H3;2*2H,1H3. The minimum atomic E-state index is -0.833. The van der Waals surface area contributed by atoms with Crippen molar-refractivity contribution in [3.63, 3.8) is 0 Å². The topological polar surface area (TPSA) is 121 Å². The number of likely N-dealkylation sites (N-methyl/N-ethyl adjacent to an activating group) is 1. The molecule has 2 amide bonds. The lowest BCUT2D eigenvalue weighted by molar-refractivity contribution is -0.136. The van der Waals surface area contributed by atoms with Gasteiger partial charge >= 0.3 is 0 Å². The summed E-state index contributed by atoms with van der Waals surface area (Å²) in [5.74, 6) is -1.31. The number of hydrogen-bond acceptors (Lipinski definition) is 6. The Morgan fingerprint density at radius 1 is 1.17 bits per heavy atom. The number of carbonyl (C=O) groups is 3. The lowest BCUT2D eigenvalue weighted by Gasteiger charge is -2.01. The number of amides is 2. The molecule has 0 spiro atoms. The summed E-state index contributed by atoms with van der Waals surface area (Å²) in [6.07, 6.45) is 4.20. The summed E-state index contributed by atoms with van der Waals surface area (Å²) in [7, 11) is 3.95. The molecule has 0 aliphatic carbocycles. The highest BCUT2D eigenvalue weighted by molar-refractivity contribution is 7.79. The first kappa shape index (κ1) is 25.5. The summed E-state index contributed by atoms with van der Waals surface area (Å²) < 4.78 is 0. The molecule has 108 valence electrons. The van der Waals surface area contributed by atoms with Gasteiger partial charge in [-0.05, 0) is 13.3 Å². The maximum absolute atomic E-state index is 10.4. The molecule has 0 bridgehead atoms. The molecule has 0 radical (unpaired) electrons. The van der Waals surface area contributed by atoms with Gasteiger partial charge < -0.3 is 15.9 Å². The van der Waals surface area contributed by atoms with Crippen molar-refractivity contribution in [2.24, 2.45) is 5.73 Å². The van der Waals surface area contributed by atoms with Crippen LogP contribution >= 0.6 is 12.6 Å².